The lowest BCUT2D eigenvalue weighted by molar-refractivity contribution is 0.303. The van der Waals surface area contributed by atoms with Crippen molar-refractivity contribution in [1.29, 1.82) is 0 Å². The Labute approximate surface area is 88.8 Å². The minimum Gasteiger partial charge on any atom is -0.343 e. The van der Waals surface area contributed by atoms with E-state index in [1.54, 1.807) is 0 Å². The predicted molar refractivity (Wildman–Crippen MR) is 54.1 cm³/mol. The van der Waals surface area contributed by atoms with Gasteiger partial charge in [-0.3, -0.25) is 4.90 Å². The average molecular weight is 208 g/mol. The van der Waals surface area contributed by atoms with Gasteiger partial charge in [0.1, 0.15) is 0 Å². The van der Waals surface area contributed by atoms with Crippen molar-refractivity contribution in [3.63, 3.8) is 0 Å². The molecule has 1 aliphatic heterocycles. The third kappa shape index (κ3) is 2.35. The number of nitrogens with zero attached hydrogens (tertiary/aromatic N) is 3. The second-order valence-corrected chi connectivity index (χ2v) is 4.51. The summed E-state index contributed by atoms with van der Waals surface area (Å²) in [7, 11) is 0. The molecular formula is C10H16N4O. The van der Waals surface area contributed by atoms with Crippen molar-refractivity contribution in [3.8, 4) is 0 Å². The molecule has 2 fully saturated rings. The summed E-state index contributed by atoms with van der Waals surface area (Å²) in [6, 6.07) is 1.48. The van der Waals surface area contributed by atoms with Crippen molar-refractivity contribution in [1.82, 2.24) is 20.4 Å². The van der Waals surface area contributed by atoms with Gasteiger partial charge in [0, 0.05) is 25.2 Å². The van der Waals surface area contributed by atoms with E-state index in [0.29, 0.717) is 6.04 Å². The molecule has 15 heavy (non-hydrogen) atoms. The molecule has 0 aromatic carbocycles. The first-order valence-electron chi connectivity index (χ1n) is 5.64. The normalized spacial score (nSPS) is 27.3. The molecule has 1 saturated heterocycles. The van der Waals surface area contributed by atoms with Crippen molar-refractivity contribution in [3.05, 3.63) is 12.2 Å². The van der Waals surface area contributed by atoms with Crippen molar-refractivity contribution >= 4 is 0 Å². The Hall–Kier alpha value is -0.940. The number of likely N-dealkylation sites (tertiary alicyclic amines) is 1. The van der Waals surface area contributed by atoms with Gasteiger partial charge in [-0.1, -0.05) is 5.16 Å². The Balaban J connectivity index is 1.48. The summed E-state index contributed by atoms with van der Waals surface area (Å²) in [5.74, 6) is 0.794. The molecule has 0 spiro atoms. The molecular weight excluding hydrogens is 192 g/mol. The minimum atomic E-state index is 0.671. The zero-order valence-electron chi connectivity index (χ0n) is 8.72. The maximum absolute atomic E-state index is 4.72. The lowest BCUT2D eigenvalue weighted by Gasteiger charge is -2.14. The van der Waals surface area contributed by atoms with Crippen molar-refractivity contribution in [2.45, 2.75) is 37.9 Å². The van der Waals surface area contributed by atoms with Crippen LogP contribution >= 0.6 is 0 Å². The molecule has 2 heterocycles. The van der Waals surface area contributed by atoms with Gasteiger partial charge in [0.25, 0.3) is 0 Å². The van der Waals surface area contributed by atoms with Crippen LogP contribution in [0.4, 0.5) is 0 Å². The minimum absolute atomic E-state index is 0.671. The van der Waals surface area contributed by atoms with Gasteiger partial charge in [-0.15, -0.1) is 0 Å². The van der Waals surface area contributed by atoms with Crippen LogP contribution in [0.3, 0.4) is 0 Å². The Morgan fingerprint density at radius 3 is 3.07 bits per heavy atom. The lowest BCUT2D eigenvalue weighted by atomic mass is 10.2. The van der Waals surface area contributed by atoms with E-state index in [2.05, 4.69) is 20.4 Å². The standard InChI is InChI=1S/C10H16N4O/c1-2-8(1)12-9-3-4-14(5-9)6-10-11-7-15-13-10/h7-9,12H,1-6H2. The van der Waals surface area contributed by atoms with Gasteiger partial charge in [-0.25, -0.2) is 0 Å². The van der Waals surface area contributed by atoms with E-state index >= 15 is 0 Å². The first-order chi connectivity index (χ1) is 7.40. The van der Waals surface area contributed by atoms with Crippen molar-refractivity contribution in [2.24, 2.45) is 0 Å². The van der Waals surface area contributed by atoms with Gasteiger partial charge in [-0.2, -0.15) is 4.98 Å². The van der Waals surface area contributed by atoms with E-state index < -0.39 is 0 Å². The molecule has 0 radical (unpaired) electrons. The van der Waals surface area contributed by atoms with Gasteiger partial charge in [-0.05, 0) is 19.3 Å². The van der Waals surface area contributed by atoms with Crippen LogP contribution in [0.2, 0.25) is 0 Å². The third-order valence-electron chi connectivity index (χ3n) is 3.09. The van der Waals surface area contributed by atoms with Crippen LogP contribution in [0.15, 0.2) is 10.9 Å². The second kappa shape index (κ2) is 3.90. The van der Waals surface area contributed by atoms with Crippen LogP contribution in [-0.2, 0) is 6.54 Å². The van der Waals surface area contributed by atoms with E-state index in [9.17, 15) is 0 Å². The first-order valence-corrected chi connectivity index (χ1v) is 5.64. The highest BCUT2D eigenvalue weighted by Gasteiger charge is 2.29. The van der Waals surface area contributed by atoms with Crippen LogP contribution in [0.1, 0.15) is 25.1 Å². The molecule has 82 valence electrons. The summed E-state index contributed by atoms with van der Waals surface area (Å²) in [4.78, 5) is 6.42. The van der Waals surface area contributed by atoms with E-state index in [0.717, 1.165) is 31.5 Å². The molecule has 1 aromatic rings. The summed E-state index contributed by atoms with van der Waals surface area (Å²) in [6.45, 7) is 3.07. The zero-order chi connectivity index (χ0) is 10.1. The van der Waals surface area contributed by atoms with Gasteiger partial charge in [0.05, 0.1) is 6.54 Å². The summed E-state index contributed by atoms with van der Waals surface area (Å²) in [6.07, 6.45) is 5.36. The summed E-state index contributed by atoms with van der Waals surface area (Å²) >= 11 is 0. The molecule has 5 nitrogen and oxygen atoms in total. The van der Waals surface area contributed by atoms with Gasteiger partial charge < -0.3 is 9.84 Å². The van der Waals surface area contributed by atoms with Crippen LogP contribution in [0.5, 0.6) is 0 Å². The molecule has 3 rings (SSSR count). The smallest absolute Gasteiger partial charge is 0.213 e. The van der Waals surface area contributed by atoms with Crippen molar-refractivity contribution < 1.29 is 4.52 Å². The van der Waals surface area contributed by atoms with Gasteiger partial charge in [0.2, 0.25) is 6.39 Å². The number of nitrogens with one attached hydrogen (secondary N) is 1. The lowest BCUT2D eigenvalue weighted by Crippen LogP contribution is -2.33. The Kier molecular flexibility index (Phi) is 2.42. The molecule has 0 amide bonds. The fourth-order valence-corrected chi connectivity index (χ4v) is 2.16. The molecule has 1 N–H and O–H groups in total. The SMILES string of the molecule is c1nc(CN2CCC(NC3CC3)C2)no1. The van der Waals surface area contributed by atoms with Crippen LogP contribution in [0, 0.1) is 0 Å². The number of aromatic nitrogens is 2. The van der Waals surface area contributed by atoms with Gasteiger partial charge in [0.15, 0.2) is 5.82 Å². The topological polar surface area (TPSA) is 54.2 Å². The fourth-order valence-electron chi connectivity index (χ4n) is 2.16. The second-order valence-electron chi connectivity index (χ2n) is 4.51. The highest BCUT2D eigenvalue weighted by atomic mass is 16.5. The Morgan fingerprint density at radius 2 is 2.33 bits per heavy atom. The summed E-state index contributed by atoms with van der Waals surface area (Å²) in [5, 5.41) is 7.49. The quantitative estimate of drug-likeness (QED) is 0.776. The summed E-state index contributed by atoms with van der Waals surface area (Å²) in [5.41, 5.74) is 0. The van der Waals surface area contributed by atoms with Crippen LogP contribution < -0.4 is 5.32 Å². The molecule has 5 heteroatoms. The van der Waals surface area contributed by atoms with Crippen molar-refractivity contribution in [2.75, 3.05) is 13.1 Å². The molecule has 1 atom stereocenters. The molecule has 0 bridgehead atoms. The maximum Gasteiger partial charge on any atom is 0.213 e. The molecule has 1 unspecified atom stereocenters. The molecule has 2 aliphatic rings. The van der Waals surface area contributed by atoms with Crippen LogP contribution in [-0.4, -0.2) is 40.2 Å². The maximum atomic E-state index is 4.72. The van der Waals surface area contributed by atoms with E-state index in [4.69, 9.17) is 4.52 Å². The fraction of sp³-hybridized carbons (Fsp3) is 0.800. The zero-order valence-corrected chi connectivity index (χ0v) is 8.72. The van der Waals surface area contributed by atoms with E-state index in [-0.39, 0.29) is 0 Å². The number of hydrogen-bond donors (Lipinski definition) is 1. The largest absolute Gasteiger partial charge is 0.343 e. The third-order valence-corrected chi connectivity index (χ3v) is 3.09. The first kappa shape index (κ1) is 9.30. The predicted octanol–water partition coefficient (Wildman–Crippen LogP) is 0.396. The summed E-state index contributed by atoms with van der Waals surface area (Å²) < 4.78 is 4.72. The van der Waals surface area contributed by atoms with Gasteiger partial charge >= 0.3 is 0 Å². The van der Waals surface area contributed by atoms with E-state index in [1.165, 1.54) is 25.7 Å². The molecule has 1 aromatic heterocycles. The Morgan fingerprint density at radius 1 is 1.40 bits per heavy atom. The Bertz CT molecular complexity index is 309. The van der Waals surface area contributed by atoms with E-state index in [1.807, 2.05) is 0 Å². The molecule has 1 saturated carbocycles. The highest BCUT2D eigenvalue weighted by molar-refractivity contribution is 4.91. The monoisotopic (exact) mass is 208 g/mol. The van der Waals surface area contributed by atoms with Crippen LogP contribution in [0.25, 0.3) is 0 Å². The average Bonchev–Trinajstić information content (AvgIpc) is 2.74. The number of hydrogen-bond acceptors (Lipinski definition) is 5. The molecule has 1 aliphatic carbocycles. The number of rotatable bonds is 4. The highest BCUT2D eigenvalue weighted by Crippen LogP contribution is 2.22.